The topological polar surface area (TPSA) is 34.0 Å². The van der Waals surface area contributed by atoms with E-state index in [4.69, 9.17) is 4.74 Å². The van der Waals surface area contributed by atoms with E-state index >= 15 is 0 Å². The Morgan fingerprint density at radius 1 is 1.26 bits per heavy atom. The molecule has 4 nitrogen and oxygen atoms in total. The van der Waals surface area contributed by atoms with Gasteiger partial charge in [-0.2, -0.15) is 0 Å². The second-order valence-corrected chi connectivity index (χ2v) is 4.55. The molecule has 0 spiro atoms. The predicted octanol–water partition coefficient (Wildman–Crippen LogP) is -2.41. The van der Waals surface area contributed by atoms with Crippen LogP contribution in [0.3, 0.4) is 0 Å². The van der Waals surface area contributed by atoms with Crippen molar-refractivity contribution in [3.8, 4) is 5.75 Å². The summed E-state index contributed by atoms with van der Waals surface area (Å²) in [5.74, 6) is 0.906. The average molecular weight is 287 g/mol. The Kier molecular flexibility index (Phi) is 8.19. The monoisotopic (exact) mass is 286 g/mol. The molecule has 0 saturated heterocycles. The lowest BCUT2D eigenvalue weighted by Gasteiger charge is -2.22. The molecular weight excluding hydrogens is 264 g/mol. The van der Waals surface area contributed by atoms with Gasteiger partial charge in [0.25, 0.3) is 0 Å². The van der Waals surface area contributed by atoms with Gasteiger partial charge in [-0.25, -0.2) is 0 Å². The van der Waals surface area contributed by atoms with Crippen molar-refractivity contribution in [3.63, 3.8) is 0 Å². The van der Waals surface area contributed by atoms with Gasteiger partial charge in [0.05, 0.1) is 33.8 Å². The van der Waals surface area contributed by atoms with Crippen molar-refractivity contribution < 1.29 is 26.8 Å². The SMILES string of the molecule is CCOc1ccc(N(CC[NH+](C)C)C(C)=O)cc1.[Cl-]. The number of ether oxygens (including phenoxy) is 1. The molecule has 0 saturated carbocycles. The van der Waals surface area contributed by atoms with Crippen LogP contribution < -0.4 is 26.9 Å². The third kappa shape index (κ3) is 5.94. The van der Waals surface area contributed by atoms with Crippen LogP contribution in [0.2, 0.25) is 0 Å². The van der Waals surface area contributed by atoms with E-state index in [-0.39, 0.29) is 18.3 Å². The molecule has 0 aliphatic carbocycles. The number of rotatable bonds is 6. The molecule has 0 heterocycles. The average Bonchev–Trinajstić information content (AvgIpc) is 2.31. The van der Waals surface area contributed by atoms with Crippen LogP contribution in [-0.4, -0.2) is 39.7 Å². The highest BCUT2D eigenvalue weighted by molar-refractivity contribution is 5.91. The molecule has 0 aromatic heterocycles. The third-order valence-electron chi connectivity index (χ3n) is 2.67. The molecule has 0 aliphatic rings. The summed E-state index contributed by atoms with van der Waals surface area (Å²) in [5.41, 5.74) is 0.923. The number of halogens is 1. The highest BCUT2D eigenvalue weighted by Gasteiger charge is 2.12. The van der Waals surface area contributed by atoms with Gasteiger partial charge in [-0.3, -0.25) is 4.79 Å². The number of likely N-dealkylation sites (N-methyl/N-ethyl adjacent to an activating group) is 1. The Balaban J connectivity index is 0.00000324. The Hall–Kier alpha value is -1.26. The van der Waals surface area contributed by atoms with Crippen LogP contribution in [-0.2, 0) is 4.79 Å². The number of carbonyl (C=O) groups is 1. The van der Waals surface area contributed by atoms with Crippen molar-refractivity contribution >= 4 is 11.6 Å². The summed E-state index contributed by atoms with van der Waals surface area (Å²) in [6, 6.07) is 7.66. The van der Waals surface area contributed by atoms with E-state index in [1.165, 1.54) is 4.90 Å². The lowest BCUT2D eigenvalue weighted by Crippen LogP contribution is -3.06. The first kappa shape index (κ1) is 17.7. The molecule has 108 valence electrons. The van der Waals surface area contributed by atoms with Crippen LogP contribution in [0.5, 0.6) is 5.75 Å². The zero-order valence-corrected chi connectivity index (χ0v) is 12.8. The lowest BCUT2D eigenvalue weighted by atomic mass is 10.2. The van der Waals surface area contributed by atoms with Crippen molar-refractivity contribution in [1.82, 2.24) is 0 Å². The number of nitrogens with zero attached hydrogens (tertiary/aromatic N) is 1. The van der Waals surface area contributed by atoms with Gasteiger partial charge >= 0.3 is 0 Å². The van der Waals surface area contributed by atoms with E-state index in [1.807, 2.05) is 31.2 Å². The minimum absolute atomic E-state index is 0. The van der Waals surface area contributed by atoms with Gasteiger partial charge < -0.3 is 26.9 Å². The van der Waals surface area contributed by atoms with Crippen LogP contribution in [0.15, 0.2) is 24.3 Å². The molecule has 1 rings (SSSR count). The molecule has 19 heavy (non-hydrogen) atoms. The predicted molar refractivity (Wildman–Crippen MR) is 73.3 cm³/mol. The molecule has 0 bridgehead atoms. The second-order valence-electron chi connectivity index (χ2n) is 4.55. The zero-order chi connectivity index (χ0) is 13.5. The maximum absolute atomic E-state index is 11.7. The first-order valence-electron chi connectivity index (χ1n) is 6.34. The van der Waals surface area contributed by atoms with E-state index in [9.17, 15) is 4.79 Å². The van der Waals surface area contributed by atoms with Gasteiger partial charge in [-0.05, 0) is 31.2 Å². The van der Waals surface area contributed by atoms with Crippen LogP contribution in [0.25, 0.3) is 0 Å². The van der Waals surface area contributed by atoms with Crippen LogP contribution >= 0.6 is 0 Å². The van der Waals surface area contributed by atoms with Gasteiger partial charge in [0.1, 0.15) is 5.75 Å². The highest BCUT2D eigenvalue weighted by atomic mass is 35.5. The number of hydrogen-bond acceptors (Lipinski definition) is 2. The molecule has 1 amide bonds. The molecule has 1 aromatic carbocycles. The molecule has 5 heteroatoms. The van der Waals surface area contributed by atoms with Crippen LogP contribution in [0.1, 0.15) is 13.8 Å². The van der Waals surface area contributed by atoms with Crippen LogP contribution in [0.4, 0.5) is 5.69 Å². The van der Waals surface area contributed by atoms with E-state index in [0.29, 0.717) is 6.61 Å². The van der Waals surface area contributed by atoms with Crippen molar-refractivity contribution in [2.24, 2.45) is 0 Å². The van der Waals surface area contributed by atoms with E-state index < -0.39 is 0 Å². The minimum Gasteiger partial charge on any atom is -1.00 e. The number of quaternary nitrogens is 1. The van der Waals surface area contributed by atoms with Gasteiger partial charge in [0.15, 0.2) is 0 Å². The molecule has 0 unspecified atom stereocenters. The van der Waals surface area contributed by atoms with Crippen molar-refractivity contribution in [1.29, 1.82) is 0 Å². The maximum atomic E-state index is 11.7. The zero-order valence-electron chi connectivity index (χ0n) is 12.1. The molecule has 0 aliphatic heterocycles. The second kappa shape index (κ2) is 8.77. The number of carbonyl (C=O) groups excluding carboxylic acids is 1. The van der Waals surface area contributed by atoms with E-state index in [2.05, 4.69) is 14.1 Å². The smallest absolute Gasteiger partial charge is 0.224 e. The fourth-order valence-corrected chi connectivity index (χ4v) is 1.69. The Morgan fingerprint density at radius 2 is 1.84 bits per heavy atom. The summed E-state index contributed by atoms with van der Waals surface area (Å²) in [4.78, 5) is 14.8. The van der Waals surface area contributed by atoms with Crippen molar-refractivity contribution in [2.75, 3.05) is 38.7 Å². The summed E-state index contributed by atoms with van der Waals surface area (Å²) in [6.07, 6.45) is 0. The molecule has 0 fully saturated rings. The summed E-state index contributed by atoms with van der Waals surface area (Å²) >= 11 is 0. The Labute approximate surface area is 121 Å². The maximum Gasteiger partial charge on any atom is 0.224 e. The van der Waals surface area contributed by atoms with Crippen molar-refractivity contribution in [3.05, 3.63) is 24.3 Å². The fourth-order valence-electron chi connectivity index (χ4n) is 1.69. The first-order valence-corrected chi connectivity index (χ1v) is 6.34. The van der Waals surface area contributed by atoms with E-state index in [0.717, 1.165) is 24.5 Å². The Bertz CT molecular complexity index is 380. The highest BCUT2D eigenvalue weighted by Crippen LogP contribution is 2.19. The molecular formula is C14H23ClN2O2. The summed E-state index contributed by atoms with van der Waals surface area (Å²) in [6.45, 7) is 5.86. The number of benzene rings is 1. The molecule has 0 radical (unpaired) electrons. The first-order chi connectivity index (χ1) is 8.54. The normalized spacial score (nSPS) is 9.95. The van der Waals surface area contributed by atoms with Crippen LogP contribution in [0, 0.1) is 0 Å². The number of amides is 1. The minimum atomic E-state index is 0. The standard InChI is InChI=1S/C14H22N2O2.ClH/c1-5-18-14-8-6-13(7-9-14)16(12(2)17)11-10-15(3)4;/h6-9H,5,10-11H2,1-4H3;1H. The summed E-state index contributed by atoms with van der Waals surface area (Å²) in [5, 5.41) is 0. The van der Waals surface area contributed by atoms with Gasteiger partial charge in [-0.15, -0.1) is 0 Å². The Morgan fingerprint density at radius 3 is 2.26 bits per heavy atom. The van der Waals surface area contributed by atoms with E-state index in [1.54, 1.807) is 11.8 Å². The van der Waals surface area contributed by atoms with Crippen molar-refractivity contribution in [2.45, 2.75) is 13.8 Å². The fraction of sp³-hybridized carbons (Fsp3) is 0.500. The summed E-state index contributed by atoms with van der Waals surface area (Å²) < 4.78 is 5.39. The number of nitrogens with one attached hydrogen (secondary N) is 1. The number of anilines is 1. The largest absolute Gasteiger partial charge is 1.00 e. The number of hydrogen-bond donors (Lipinski definition) is 1. The quantitative estimate of drug-likeness (QED) is 0.632. The lowest BCUT2D eigenvalue weighted by molar-refractivity contribution is -0.856. The molecule has 0 atom stereocenters. The molecule has 1 aromatic rings. The van der Waals surface area contributed by atoms with Gasteiger partial charge in [0.2, 0.25) is 5.91 Å². The molecule has 1 N–H and O–H groups in total. The summed E-state index contributed by atoms with van der Waals surface area (Å²) in [7, 11) is 4.16. The van der Waals surface area contributed by atoms with Gasteiger partial charge in [0, 0.05) is 12.6 Å². The van der Waals surface area contributed by atoms with Gasteiger partial charge in [-0.1, -0.05) is 0 Å². The third-order valence-corrected chi connectivity index (χ3v) is 2.67.